The largest absolute Gasteiger partial charge is 0.341 e. The molecule has 6 heteroatoms. The van der Waals surface area contributed by atoms with Gasteiger partial charge in [0.15, 0.2) is 0 Å². The summed E-state index contributed by atoms with van der Waals surface area (Å²) in [5, 5.41) is 0. The van der Waals surface area contributed by atoms with E-state index in [1.54, 1.807) is 13.8 Å². The molecule has 1 amide bonds. The smallest absolute Gasteiger partial charge is 0.242 e. The van der Waals surface area contributed by atoms with Gasteiger partial charge in [-0.15, -0.1) is 24.8 Å². The Morgan fingerprint density at radius 3 is 2.28 bits per heavy atom. The zero-order valence-electron chi connectivity index (χ0n) is 12.0. The van der Waals surface area contributed by atoms with E-state index in [1.807, 2.05) is 11.9 Å². The molecule has 0 bridgehead atoms. The summed E-state index contributed by atoms with van der Waals surface area (Å²) in [6.07, 6.45) is 2.08. The number of hydrogen-bond donors (Lipinski definition) is 1. The van der Waals surface area contributed by atoms with Crippen LogP contribution in [0.25, 0.3) is 0 Å². The Kier molecular flexibility index (Phi) is 8.49. The fourth-order valence-electron chi connectivity index (χ4n) is 2.24. The first-order valence-electron chi connectivity index (χ1n) is 6.00. The summed E-state index contributed by atoms with van der Waals surface area (Å²) in [4.78, 5) is 16.2. The van der Waals surface area contributed by atoms with Gasteiger partial charge in [0.25, 0.3) is 0 Å². The van der Waals surface area contributed by atoms with E-state index in [4.69, 9.17) is 5.73 Å². The molecule has 0 spiro atoms. The number of carbonyl (C=O) groups excluding carboxylic acids is 1. The van der Waals surface area contributed by atoms with Crippen LogP contribution in [0.4, 0.5) is 0 Å². The lowest BCUT2D eigenvalue weighted by Gasteiger charge is -2.41. The standard InChI is InChI=1S/C12H25N3O.2ClH/c1-9-8-10(6-7-14(9)4)15(5)11(16)12(2,3)13;;/h9-10H,6-8,13H2,1-5H3;2*1H. The quantitative estimate of drug-likeness (QED) is 0.841. The molecule has 110 valence electrons. The number of hydrogen-bond acceptors (Lipinski definition) is 3. The van der Waals surface area contributed by atoms with Gasteiger partial charge in [0.05, 0.1) is 5.54 Å². The predicted molar refractivity (Wildman–Crippen MR) is 80.6 cm³/mol. The second kappa shape index (κ2) is 7.53. The molecule has 2 N–H and O–H groups in total. The molecule has 1 fully saturated rings. The molecule has 1 aliphatic heterocycles. The van der Waals surface area contributed by atoms with Crippen molar-refractivity contribution < 1.29 is 4.79 Å². The first kappa shape index (κ1) is 20.3. The molecule has 2 atom stereocenters. The summed E-state index contributed by atoms with van der Waals surface area (Å²) in [5.74, 6) is 0.0363. The van der Waals surface area contributed by atoms with Crippen LogP contribution in [0.15, 0.2) is 0 Å². The maximum atomic E-state index is 12.0. The zero-order chi connectivity index (χ0) is 12.5. The van der Waals surface area contributed by atoms with Crippen molar-refractivity contribution in [2.75, 3.05) is 20.6 Å². The number of piperidine rings is 1. The Morgan fingerprint density at radius 2 is 1.89 bits per heavy atom. The van der Waals surface area contributed by atoms with Gasteiger partial charge in [0.2, 0.25) is 5.91 Å². The van der Waals surface area contributed by atoms with Gasteiger partial charge in [0, 0.05) is 25.7 Å². The van der Waals surface area contributed by atoms with Crippen molar-refractivity contribution in [2.45, 2.75) is 51.2 Å². The van der Waals surface area contributed by atoms with Gasteiger partial charge in [-0.2, -0.15) is 0 Å². The Bertz CT molecular complexity index is 269. The van der Waals surface area contributed by atoms with Crippen molar-refractivity contribution in [1.82, 2.24) is 9.80 Å². The number of halogens is 2. The molecule has 18 heavy (non-hydrogen) atoms. The third-order valence-electron chi connectivity index (χ3n) is 3.60. The molecule has 1 aliphatic rings. The molecule has 0 radical (unpaired) electrons. The average Bonchev–Trinajstić information content (AvgIpc) is 2.18. The minimum atomic E-state index is -0.763. The van der Waals surface area contributed by atoms with Crippen molar-refractivity contribution in [1.29, 1.82) is 0 Å². The van der Waals surface area contributed by atoms with E-state index < -0.39 is 5.54 Å². The van der Waals surface area contributed by atoms with Crippen molar-refractivity contribution in [2.24, 2.45) is 5.73 Å². The Balaban J connectivity index is 0. The molecule has 2 unspecified atom stereocenters. The predicted octanol–water partition coefficient (Wildman–Crippen LogP) is 1.51. The third kappa shape index (κ3) is 4.92. The van der Waals surface area contributed by atoms with E-state index >= 15 is 0 Å². The number of nitrogens with two attached hydrogens (primary N) is 1. The lowest BCUT2D eigenvalue weighted by Crippen LogP contribution is -2.55. The van der Waals surface area contributed by atoms with Crippen molar-refractivity contribution in [3.8, 4) is 0 Å². The average molecular weight is 300 g/mol. The summed E-state index contributed by atoms with van der Waals surface area (Å²) in [5.41, 5.74) is 5.08. The molecule has 0 saturated carbocycles. The van der Waals surface area contributed by atoms with Gasteiger partial charge >= 0.3 is 0 Å². The molecule has 0 aromatic heterocycles. The van der Waals surface area contributed by atoms with Crippen LogP contribution in [0.5, 0.6) is 0 Å². The Morgan fingerprint density at radius 1 is 1.39 bits per heavy atom. The second-order valence-corrected chi connectivity index (χ2v) is 5.65. The second-order valence-electron chi connectivity index (χ2n) is 5.65. The van der Waals surface area contributed by atoms with E-state index in [0.717, 1.165) is 19.4 Å². The molecule has 0 aromatic carbocycles. The number of likely N-dealkylation sites (N-methyl/N-ethyl adjacent to an activating group) is 1. The van der Waals surface area contributed by atoms with Gasteiger partial charge in [-0.1, -0.05) is 0 Å². The van der Waals surface area contributed by atoms with Gasteiger partial charge in [0.1, 0.15) is 0 Å². The van der Waals surface area contributed by atoms with Crippen LogP contribution in [0.3, 0.4) is 0 Å². The highest BCUT2D eigenvalue weighted by molar-refractivity contribution is 5.86. The number of likely N-dealkylation sites (tertiary alicyclic amines) is 1. The normalized spacial score (nSPS) is 24.8. The number of rotatable bonds is 2. The van der Waals surface area contributed by atoms with E-state index in [-0.39, 0.29) is 30.7 Å². The molecule has 1 saturated heterocycles. The molecular formula is C12H27Cl2N3O. The monoisotopic (exact) mass is 299 g/mol. The van der Waals surface area contributed by atoms with Crippen LogP contribution in [0, 0.1) is 0 Å². The van der Waals surface area contributed by atoms with Crippen molar-refractivity contribution in [3.05, 3.63) is 0 Å². The van der Waals surface area contributed by atoms with E-state index in [2.05, 4.69) is 18.9 Å². The Hall–Kier alpha value is -0.0300. The van der Waals surface area contributed by atoms with Gasteiger partial charge in [-0.05, 0) is 40.7 Å². The van der Waals surface area contributed by atoms with Crippen molar-refractivity contribution >= 4 is 30.7 Å². The van der Waals surface area contributed by atoms with Crippen molar-refractivity contribution in [3.63, 3.8) is 0 Å². The van der Waals surface area contributed by atoms with E-state index in [0.29, 0.717) is 12.1 Å². The summed E-state index contributed by atoms with van der Waals surface area (Å²) in [6.45, 7) is 6.79. The minimum Gasteiger partial charge on any atom is -0.341 e. The number of amides is 1. The topological polar surface area (TPSA) is 49.6 Å². The first-order valence-corrected chi connectivity index (χ1v) is 6.00. The number of carbonyl (C=O) groups is 1. The lowest BCUT2D eigenvalue weighted by atomic mass is 9.95. The fourth-order valence-corrected chi connectivity index (χ4v) is 2.24. The van der Waals surface area contributed by atoms with Crippen LogP contribution in [0.2, 0.25) is 0 Å². The summed E-state index contributed by atoms with van der Waals surface area (Å²) in [6, 6.07) is 0.872. The third-order valence-corrected chi connectivity index (χ3v) is 3.60. The maximum Gasteiger partial charge on any atom is 0.242 e. The molecule has 0 aliphatic carbocycles. The molecule has 1 heterocycles. The van der Waals surface area contributed by atoms with Crippen LogP contribution in [0.1, 0.15) is 33.6 Å². The highest BCUT2D eigenvalue weighted by Gasteiger charge is 2.33. The molecule has 0 aromatic rings. The summed E-state index contributed by atoms with van der Waals surface area (Å²) in [7, 11) is 4.01. The minimum absolute atomic E-state index is 0. The highest BCUT2D eigenvalue weighted by Crippen LogP contribution is 2.21. The lowest BCUT2D eigenvalue weighted by molar-refractivity contribution is -0.137. The summed E-state index contributed by atoms with van der Waals surface area (Å²) >= 11 is 0. The first-order chi connectivity index (χ1) is 7.23. The van der Waals surface area contributed by atoms with E-state index in [1.165, 1.54) is 0 Å². The van der Waals surface area contributed by atoms with Gasteiger partial charge in [-0.25, -0.2) is 0 Å². The molecule has 4 nitrogen and oxygen atoms in total. The molecular weight excluding hydrogens is 273 g/mol. The number of nitrogens with zero attached hydrogens (tertiary/aromatic N) is 2. The van der Waals surface area contributed by atoms with Gasteiger partial charge in [-0.3, -0.25) is 4.79 Å². The van der Waals surface area contributed by atoms with Gasteiger partial charge < -0.3 is 15.5 Å². The highest BCUT2D eigenvalue weighted by atomic mass is 35.5. The van der Waals surface area contributed by atoms with Crippen LogP contribution in [-0.4, -0.2) is 54.0 Å². The maximum absolute atomic E-state index is 12.0. The fraction of sp³-hybridized carbons (Fsp3) is 0.917. The van der Waals surface area contributed by atoms with Crippen LogP contribution >= 0.6 is 24.8 Å². The van der Waals surface area contributed by atoms with Crippen LogP contribution < -0.4 is 5.73 Å². The zero-order valence-corrected chi connectivity index (χ0v) is 13.6. The summed E-state index contributed by atoms with van der Waals surface area (Å²) < 4.78 is 0. The SMILES string of the molecule is CC1CC(N(C)C(=O)C(C)(C)N)CCN1C.Cl.Cl. The molecule has 1 rings (SSSR count). The van der Waals surface area contributed by atoms with E-state index in [9.17, 15) is 4.79 Å². The van der Waals surface area contributed by atoms with Crippen LogP contribution in [-0.2, 0) is 4.79 Å². The Labute approximate surface area is 123 Å².